The number of thiophene rings is 1. The molecule has 10 aromatic rings. The van der Waals surface area contributed by atoms with Gasteiger partial charge in [0.2, 0.25) is 0 Å². The van der Waals surface area contributed by atoms with E-state index in [1.54, 1.807) is 11.3 Å². The van der Waals surface area contributed by atoms with Crippen LogP contribution in [0.4, 0.5) is 0 Å². The zero-order chi connectivity index (χ0) is 33.0. The summed E-state index contributed by atoms with van der Waals surface area (Å²) in [6, 6.07) is 62.6. The molecule has 50 heavy (non-hydrogen) atoms. The smallest absolute Gasteiger partial charge is 0.161 e. The van der Waals surface area contributed by atoms with Crippen LogP contribution >= 0.6 is 11.3 Å². The predicted octanol–water partition coefficient (Wildman–Crippen LogP) is 12.6. The molecule has 7 aromatic carbocycles. The molecule has 3 nitrogen and oxygen atoms in total. The number of hydrogen-bond acceptors (Lipinski definition) is 3. The van der Waals surface area contributed by atoms with Gasteiger partial charge in [0.25, 0.3) is 0 Å². The Morgan fingerprint density at radius 2 is 1.02 bits per heavy atom. The van der Waals surface area contributed by atoms with E-state index in [9.17, 15) is 0 Å². The first-order valence-corrected chi connectivity index (χ1v) is 17.7. The monoisotopic (exact) mass is 655 g/mol. The molecule has 10 rings (SSSR count). The van der Waals surface area contributed by atoms with Crippen LogP contribution in [0.1, 0.15) is 0 Å². The molecule has 234 valence electrons. The van der Waals surface area contributed by atoms with Gasteiger partial charge >= 0.3 is 0 Å². The summed E-state index contributed by atoms with van der Waals surface area (Å²) in [4.78, 5) is 11.4. The number of benzene rings is 7. The molecule has 3 heterocycles. The SMILES string of the molecule is c1ccc(-c2nc(-c3cccc(-c4cccc(-c5cccc6c5c5ccccc5n6-c5ccccc5)c4)c3)nc3sc4ccccc4c23)cc1. The van der Waals surface area contributed by atoms with Gasteiger partial charge in [-0.2, -0.15) is 0 Å². The van der Waals surface area contributed by atoms with Crippen LogP contribution in [0, 0.1) is 0 Å². The molecule has 0 N–H and O–H groups in total. The zero-order valence-electron chi connectivity index (χ0n) is 27.0. The summed E-state index contributed by atoms with van der Waals surface area (Å²) >= 11 is 1.73. The van der Waals surface area contributed by atoms with E-state index in [4.69, 9.17) is 9.97 Å². The van der Waals surface area contributed by atoms with Gasteiger partial charge in [-0.3, -0.25) is 0 Å². The van der Waals surface area contributed by atoms with Crippen molar-refractivity contribution in [2.75, 3.05) is 0 Å². The Morgan fingerprint density at radius 3 is 1.84 bits per heavy atom. The molecule has 0 atom stereocenters. The van der Waals surface area contributed by atoms with E-state index in [-0.39, 0.29) is 0 Å². The standard InChI is InChI=1S/C46H29N3S/c1-3-14-30(15-4-1)44-43-38-23-8-10-27-41(38)50-46(43)48-45(47-44)34-19-12-17-32(29-34)31-16-11-18-33(28-31)36-24-13-26-40-42(36)37-22-7-9-25-39(37)49(40)35-20-5-2-6-21-35/h1-29H. The number of fused-ring (bicyclic) bond motifs is 6. The average molecular weight is 656 g/mol. The number of para-hydroxylation sites is 2. The lowest BCUT2D eigenvalue weighted by molar-refractivity contribution is 1.18. The number of hydrogen-bond donors (Lipinski definition) is 0. The molecule has 0 saturated heterocycles. The molecule has 0 aliphatic carbocycles. The molecule has 0 saturated carbocycles. The summed E-state index contributed by atoms with van der Waals surface area (Å²) in [5.74, 6) is 0.736. The molecule has 4 heteroatoms. The van der Waals surface area contributed by atoms with Crippen LogP contribution in [0.15, 0.2) is 176 Å². The zero-order valence-corrected chi connectivity index (χ0v) is 27.8. The van der Waals surface area contributed by atoms with Crippen molar-refractivity contribution in [2.24, 2.45) is 0 Å². The summed E-state index contributed by atoms with van der Waals surface area (Å²) in [7, 11) is 0. The molecular formula is C46H29N3S. The first-order chi connectivity index (χ1) is 24.8. The van der Waals surface area contributed by atoms with Crippen LogP contribution in [0.5, 0.6) is 0 Å². The van der Waals surface area contributed by atoms with Crippen molar-refractivity contribution >= 4 is 53.4 Å². The van der Waals surface area contributed by atoms with Gasteiger partial charge in [-0.05, 0) is 64.7 Å². The maximum absolute atomic E-state index is 5.25. The summed E-state index contributed by atoms with van der Waals surface area (Å²) in [5.41, 5.74) is 11.3. The number of nitrogens with zero attached hydrogens (tertiary/aromatic N) is 3. The molecule has 0 aliphatic rings. The second-order valence-corrected chi connectivity index (χ2v) is 13.6. The largest absolute Gasteiger partial charge is 0.309 e. The highest BCUT2D eigenvalue weighted by Gasteiger charge is 2.18. The fourth-order valence-corrected chi connectivity index (χ4v) is 8.45. The first kappa shape index (κ1) is 28.6. The molecule has 0 amide bonds. The maximum atomic E-state index is 5.25. The third-order valence-corrected chi connectivity index (χ3v) is 10.7. The summed E-state index contributed by atoms with van der Waals surface area (Å²) < 4.78 is 3.59. The number of aromatic nitrogens is 3. The van der Waals surface area contributed by atoms with Crippen molar-refractivity contribution in [2.45, 2.75) is 0 Å². The Balaban J connectivity index is 1.11. The molecule has 0 unspecified atom stereocenters. The fraction of sp³-hybridized carbons (Fsp3) is 0. The topological polar surface area (TPSA) is 30.7 Å². The van der Waals surface area contributed by atoms with E-state index in [1.165, 1.54) is 43.0 Å². The highest BCUT2D eigenvalue weighted by Crippen LogP contribution is 2.41. The summed E-state index contributed by atoms with van der Waals surface area (Å²) in [6.45, 7) is 0. The van der Waals surface area contributed by atoms with Crippen LogP contribution in [-0.4, -0.2) is 14.5 Å². The van der Waals surface area contributed by atoms with E-state index < -0.39 is 0 Å². The minimum atomic E-state index is 0.736. The normalized spacial score (nSPS) is 11.6. The van der Waals surface area contributed by atoms with Gasteiger partial charge in [0.15, 0.2) is 5.82 Å². The van der Waals surface area contributed by atoms with E-state index in [0.717, 1.165) is 49.7 Å². The van der Waals surface area contributed by atoms with Gasteiger partial charge in [0, 0.05) is 43.1 Å². The fourth-order valence-electron chi connectivity index (χ4n) is 7.38. The molecule has 3 aromatic heterocycles. The average Bonchev–Trinajstić information content (AvgIpc) is 3.74. The summed E-state index contributed by atoms with van der Waals surface area (Å²) in [6.07, 6.45) is 0. The third kappa shape index (κ3) is 4.65. The molecule has 0 radical (unpaired) electrons. The van der Waals surface area contributed by atoms with Gasteiger partial charge in [-0.15, -0.1) is 11.3 Å². The van der Waals surface area contributed by atoms with Crippen LogP contribution in [0.3, 0.4) is 0 Å². The minimum absolute atomic E-state index is 0.736. The van der Waals surface area contributed by atoms with Crippen molar-refractivity contribution in [3.8, 4) is 50.6 Å². The van der Waals surface area contributed by atoms with Crippen molar-refractivity contribution in [3.63, 3.8) is 0 Å². The van der Waals surface area contributed by atoms with Crippen molar-refractivity contribution in [1.82, 2.24) is 14.5 Å². The molecule has 0 spiro atoms. The molecule has 0 bridgehead atoms. The lowest BCUT2D eigenvalue weighted by Gasteiger charge is -2.11. The van der Waals surface area contributed by atoms with E-state index in [0.29, 0.717) is 0 Å². The Morgan fingerprint density at radius 1 is 0.420 bits per heavy atom. The predicted molar refractivity (Wildman–Crippen MR) is 211 cm³/mol. The minimum Gasteiger partial charge on any atom is -0.309 e. The lowest BCUT2D eigenvalue weighted by atomic mass is 9.95. The second-order valence-electron chi connectivity index (χ2n) is 12.6. The number of rotatable bonds is 5. The van der Waals surface area contributed by atoms with Gasteiger partial charge in [-0.1, -0.05) is 133 Å². The lowest BCUT2D eigenvalue weighted by Crippen LogP contribution is -1.94. The third-order valence-electron chi connectivity index (χ3n) is 9.63. The van der Waals surface area contributed by atoms with Crippen LogP contribution in [0.25, 0.3) is 92.7 Å². The van der Waals surface area contributed by atoms with Crippen molar-refractivity contribution < 1.29 is 0 Å². The van der Waals surface area contributed by atoms with Gasteiger partial charge in [-0.25, -0.2) is 9.97 Å². The Kier molecular flexibility index (Phi) is 6.68. The van der Waals surface area contributed by atoms with Gasteiger partial charge in [0.05, 0.1) is 16.7 Å². The van der Waals surface area contributed by atoms with Gasteiger partial charge in [0.1, 0.15) is 4.83 Å². The Labute approximate surface area is 293 Å². The maximum Gasteiger partial charge on any atom is 0.161 e. The molecular weight excluding hydrogens is 627 g/mol. The van der Waals surface area contributed by atoms with Crippen LogP contribution < -0.4 is 0 Å². The summed E-state index contributed by atoms with van der Waals surface area (Å²) in [5, 5.41) is 4.83. The second kappa shape index (κ2) is 11.7. The van der Waals surface area contributed by atoms with Crippen molar-refractivity contribution in [3.05, 3.63) is 176 Å². The van der Waals surface area contributed by atoms with E-state index in [2.05, 4.69) is 174 Å². The Hall–Kier alpha value is -6.36. The van der Waals surface area contributed by atoms with Gasteiger partial charge < -0.3 is 4.57 Å². The van der Waals surface area contributed by atoms with Crippen LogP contribution in [-0.2, 0) is 0 Å². The highest BCUT2D eigenvalue weighted by atomic mass is 32.1. The molecule has 0 fully saturated rings. The Bertz CT molecular complexity index is 2870. The molecule has 0 aliphatic heterocycles. The van der Waals surface area contributed by atoms with Crippen molar-refractivity contribution in [1.29, 1.82) is 0 Å². The van der Waals surface area contributed by atoms with E-state index in [1.807, 2.05) is 6.07 Å². The van der Waals surface area contributed by atoms with E-state index >= 15 is 0 Å². The first-order valence-electron chi connectivity index (χ1n) is 16.8. The quantitative estimate of drug-likeness (QED) is 0.185. The highest BCUT2D eigenvalue weighted by molar-refractivity contribution is 7.25. The van der Waals surface area contributed by atoms with Crippen LogP contribution in [0.2, 0.25) is 0 Å².